The summed E-state index contributed by atoms with van der Waals surface area (Å²) in [5.74, 6) is -0.197. The highest BCUT2D eigenvalue weighted by Crippen LogP contribution is 2.15. The summed E-state index contributed by atoms with van der Waals surface area (Å²) in [6.45, 7) is 4.90. The number of nitrogens with zero attached hydrogens (tertiary/aromatic N) is 1. The van der Waals surface area contributed by atoms with E-state index in [1.165, 1.54) is 11.6 Å². The number of benzene rings is 2. The van der Waals surface area contributed by atoms with Crippen LogP contribution >= 0.6 is 0 Å². The van der Waals surface area contributed by atoms with Crippen molar-refractivity contribution < 1.29 is 9.18 Å². The number of aryl methyl sites for hydroxylation is 1. The maximum Gasteiger partial charge on any atom is 0.247 e. The van der Waals surface area contributed by atoms with E-state index in [2.05, 4.69) is 41.4 Å². The average molecular weight is 352 g/mol. The zero-order chi connectivity index (χ0) is 18.4. The van der Waals surface area contributed by atoms with Gasteiger partial charge in [-0.25, -0.2) is 4.39 Å². The summed E-state index contributed by atoms with van der Waals surface area (Å²) in [6.07, 6.45) is 3.72. The van der Waals surface area contributed by atoms with E-state index in [-0.39, 0.29) is 11.7 Å². The number of nitrogens with one attached hydrogen (secondary N) is 1. The minimum Gasteiger partial charge on any atom is -0.348 e. The van der Waals surface area contributed by atoms with Crippen LogP contribution in [0.1, 0.15) is 30.0 Å². The third-order valence-electron chi connectivity index (χ3n) is 4.76. The molecule has 0 atom stereocenters. The number of hydrogen-bond donors (Lipinski definition) is 1. The fourth-order valence-electron chi connectivity index (χ4n) is 3.14. The van der Waals surface area contributed by atoms with E-state index < -0.39 is 0 Å². The van der Waals surface area contributed by atoms with Gasteiger partial charge >= 0.3 is 0 Å². The van der Waals surface area contributed by atoms with Crippen molar-refractivity contribution >= 4 is 5.91 Å². The van der Waals surface area contributed by atoms with Gasteiger partial charge < -0.3 is 5.32 Å². The first-order valence-corrected chi connectivity index (χ1v) is 9.16. The van der Waals surface area contributed by atoms with Crippen LogP contribution in [0.3, 0.4) is 0 Å². The van der Waals surface area contributed by atoms with Gasteiger partial charge in [0, 0.05) is 31.8 Å². The number of halogens is 1. The first-order valence-electron chi connectivity index (χ1n) is 9.16. The van der Waals surface area contributed by atoms with Crippen LogP contribution in [0.4, 0.5) is 4.39 Å². The molecule has 0 radical (unpaired) electrons. The van der Waals surface area contributed by atoms with Crippen LogP contribution in [0, 0.1) is 5.82 Å². The molecule has 0 aromatic heterocycles. The number of hydrogen-bond acceptors (Lipinski definition) is 2. The normalized spacial score (nSPS) is 14.8. The number of carbonyl (C=O) groups excluding carboxylic acids is 1. The highest BCUT2D eigenvalue weighted by atomic mass is 19.1. The first kappa shape index (κ1) is 18.3. The molecule has 2 aromatic carbocycles. The Bertz CT molecular complexity index is 783. The molecule has 2 aromatic rings. The van der Waals surface area contributed by atoms with Crippen molar-refractivity contribution in [3.8, 4) is 0 Å². The second-order valence-electron chi connectivity index (χ2n) is 6.70. The van der Waals surface area contributed by atoms with Gasteiger partial charge in [-0.3, -0.25) is 9.69 Å². The summed E-state index contributed by atoms with van der Waals surface area (Å²) in [6, 6.07) is 15.0. The number of amides is 1. The zero-order valence-corrected chi connectivity index (χ0v) is 15.2. The summed E-state index contributed by atoms with van der Waals surface area (Å²) in [5.41, 5.74) is 4.21. The molecule has 0 aliphatic carbocycles. The quantitative estimate of drug-likeness (QED) is 0.857. The fraction of sp³-hybridized carbons (Fsp3) is 0.318. The van der Waals surface area contributed by atoms with E-state index >= 15 is 0 Å². The van der Waals surface area contributed by atoms with Crippen molar-refractivity contribution in [2.75, 3.05) is 13.1 Å². The Morgan fingerprint density at radius 1 is 1.12 bits per heavy atom. The molecule has 1 heterocycles. The minimum absolute atomic E-state index is 0.00923. The lowest BCUT2D eigenvalue weighted by Gasteiger charge is -2.26. The lowest BCUT2D eigenvalue weighted by Crippen LogP contribution is -2.33. The van der Waals surface area contributed by atoms with Gasteiger partial charge in [-0.1, -0.05) is 49.4 Å². The Morgan fingerprint density at radius 2 is 1.88 bits per heavy atom. The monoisotopic (exact) mass is 352 g/mol. The van der Waals surface area contributed by atoms with Crippen molar-refractivity contribution in [1.82, 2.24) is 10.2 Å². The van der Waals surface area contributed by atoms with Gasteiger partial charge in [0.25, 0.3) is 0 Å². The van der Waals surface area contributed by atoms with Crippen molar-refractivity contribution in [3.63, 3.8) is 0 Å². The molecule has 1 aliphatic heterocycles. The predicted molar refractivity (Wildman–Crippen MR) is 102 cm³/mol. The first-order chi connectivity index (χ1) is 12.6. The number of rotatable bonds is 6. The van der Waals surface area contributed by atoms with E-state index in [0.29, 0.717) is 19.6 Å². The average Bonchev–Trinajstić information content (AvgIpc) is 2.67. The van der Waals surface area contributed by atoms with Crippen molar-refractivity contribution in [3.05, 3.63) is 82.7 Å². The molecule has 1 N–H and O–H groups in total. The molecule has 26 heavy (non-hydrogen) atoms. The molecule has 0 fully saturated rings. The van der Waals surface area contributed by atoms with Gasteiger partial charge in [-0.2, -0.15) is 0 Å². The van der Waals surface area contributed by atoms with Gasteiger partial charge in [-0.05, 0) is 41.7 Å². The van der Waals surface area contributed by atoms with Crippen molar-refractivity contribution in [2.45, 2.75) is 32.9 Å². The van der Waals surface area contributed by atoms with Gasteiger partial charge in [-0.15, -0.1) is 0 Å². The lowest BCUT2D eigenvalue weighted by molar-refractivity contribution is -0.117. The summed E-state index contributed by atoms with van der Waals surface area (Å²) in [4.78, 5) is 14.6. The van der Waals surface area contributed by atoms with E-state index in [4.69, 9.17) is 0 Å². The molecule has 136 valence electrons. The van der Waals surface area contributed by atoms with Crippen LogP contribution in [0.5, 0.6) is 0 Å². The molecular formula is C22H25FN2O. The van der Waals surface area contributed by atoms with Crippen LogP contribution in [0.15, 0.2) is 60.2 Å². The molecule has 1 amide bonds. The highest BCUT2D eigenvalue weighted by molar-refractivity contribution is 5.93. The summed E-state index contributed by atoms with van der Waals surface area (Å²) < 4.78 is 13.3. The third-order valence-corrected chi connectivity index (χ3v) is 4.76. The van der Waals surface area contributed by atoms with Crippen LogP contribution in [-0.2, 0) is 24.3 Å². The lowest BCUT2D eigenvalue weighted by atomic mass is 10.1. The van der Waals surface area contributed by atoms with E-state index in [1.54, 1.807) is 12.1 Å². The van der Waals surface area contributed by atoms with Crippen LogP contribution in [-0.4, -0.2) is 23.9 Å². The zero-order valence-electron chi connectivity index (χ0n) is 15.2. The van der Waals surface area contributed by atoms with Gasteiger partial charge in [0.2, 0.25) is 5.91 Å². The SMILES string of the molecule is CCc1ccc(CNC(=O)C2=CCN(Cc3cccc(F)c3)CC2)cc1. The number of carbonyl (C=O) groups is 1. The van der Waals surface area contributed by atoms with Crippen molar-refractivity contribution in [2.24, 2.45) is 0 Å². The van der Waals surface area contributed by atoms with Gasteiger partial charge in [0.05, 0.1) is 0 Å². The molecule has 1 aliphatic rings. The molecular weight excluding hydrogens is 327 g/mol. The highest BCUT2D eigenvalue weighted by Gasteiger charge is 2.17. The molecule has 0 saturated heterocycles. The summed E-state index contributed by atoms with van der Waals surface area (Å²) in [5, 5.41) is 3.00. The Kier molecular flexibility index (Phi) is 6.18. The van der Waals surface area contributed by atoms with Crippen molar-refractivity contribution in [1.29, 1.82) is 0 Å². The van der Waals surface area contributed by atoms with E-state index in [9.17, 15) is 9.18 Å². The Morgan fingerprint density at radius 3 is 2.54 bits per heavy atom. The molecule has 3 rings (SSSR count). The predicted octanol–water partition coefficient (Wildman–Crippen LogP) is 3.84. The molecule has 0 saturated carbocycles. The largest absolute Gasteiger partial charge is 0.348 e. The third kappa shape index (κ3) is 5.02. The van der Waals surface area contributed by atoms with E-state index in [1.807, 2.05) is 12.1 Å². The standard InChI is InChI=1S/C22H25FN2O/c1-2-17-6-8-18(9-7-17)15-24-22(26)20-10-12-25(13-11-20)16-19-4-3-5-21(23)14-19/h3-10,14H,2,11-13,15-16H2,1H3,(H,24,26). The second-order valence-corrected chi connectivity index (χ2v) is 6.70. The Labute approximate surface area is 154 Å². The van der Waals surface area contributed by atoms with Gasteiger partial charge in [0.15, 0.2) is 0 Å². The Balaban J connectivity index is 1.49. The topological polar surface area (TPSA) is 32.3 Å². The minimum atomic E-state index is -0.206. The van der Waals surface area contributed by atoms with Gasteiger partial charge in [0.1, 0.15) is 5.82 Å². The molecule has 4 heteroatoms. The Hall–Kier alpha value is -2.46. The maximum atomic E-state index is 13.3. The summed E-state index contributed by atoms with van der Waals surface area (Å²) in [7, 11) is 0. The smallest absolute Gasteiger partial charge is 0.247 e. The maximum absolute atomic E-state index is 13.3. The van der Waals surface area contributed by atoms with Crippen LogP contribution in [0.25, 0.3) is 0 Å². The molecule has 3 nitrogen and oxygen atoms in total. The molecule has 0 unspecified atom stereocenters. The molecule has 0 bridgehead atoms. The molecule has 0 spiro atoms. The van der Waals surface area contributed by atoms with Crippen LogP contribution in [0.2, 0.25) is 0 Å². The summed E-state index contributed by atoms with van der Waals surface area (Å²) >= 11 is 0. The fourth-order valence-corrected chi connectivity index (χ4v) is 3.14. The second kappa shape index (κ2) is 8.77. The van der Waals surface area contributed by atoms with Crippen LogP contribution < -0.4 is 5.32 Å². The van der Waals surface area contributed by atoms with E-state index in [0.717, 1.165) is 36.1 Å².